The summed E-state index contributed by atoms with van der Waals surface area (Å²) in [7, 11) is 0. The first-order valence-corrected chi connectivity index (χ1v) is 10.2. The van der Waals surface area contributed by atoms with Crippen LogP contribution in [0.3, 0.4) is 0 Å². The molecule has 32 heavy (non-hydrogen) atoms. The van der Waals surface area contributed by atoms with E-state index in [1.165, 1.54) is 22.9 Å². The molecule has 9 heteroatoms. The summed E-state index contributed by atoms with van der Waals surface area (Å²) in [5.41, 5.74) is -0.0373. The quantitative estimate of drug-likeness (QED) is 0.677. The van der Waals surface area contributed by atoms with Crippen molar-refractivity contribution >= 4 is 5.91 Å². The van der Waals surface area contributed by atoms with Crippen molar-refractivity contribution in [1.29, 1.82) is 0 Å². The van der Waals surface area contributed by atoms with Gasteiger partial charge in [-0.25, -0.2) is 13.2 Å². The summed E-state index contributed by atoms with van der Waals surface area (Å²) in [6, 6.07) is 8.11. The van der Waals surface area contributed by atoms with Crippen molar-refractivity contribution in [2.45, 2.75) is 30.8 Å². The van der Waals surface area contributed by atoms with Crippen molar-refractivity contribution in [1.82, 2.24) is 14.7 Å². The molecule has 0 saturated carbocycles. The molecule has 1 fully saturated rings. The molecule has 1 N–H and O–H groups in total. The fourth-order valence-corrected chi connectivity index (χ4v) is 4.91. The highest BCUT2D eigenvalue weighted by Gasteiger charge is 2.48. The van der Waals surface area contributed by atoms with Crippen LogP contribution in [-0.2, 0) is 0 Å². The molecule has 3 heterocycles. The van der Waals surface area contributed by atoms with Crippen LogP contribution in [0.1, 0.15) is 46.4 Å². The van der Waals surface area contributed by atoms with Gasteiger partial charge in [-0.2, -0.15) is 5.10 Å². The van der Waals surface area contributed by atoms with E-state index in [0.717, 1.165) is 18.3 Å². The Balaban J connectivity index is 1.78. The number of rotatable bonds is 3. The van der Waals surface area contributed by atoms with Crippen LogP contribution < -0.4 is 5.43 Å². The predicted molar refractivity (Wildman–Crippen MR) is 108 cm³/mol. The lowest BCUT2D eigenvalue weighted by Gasteiger charge is -2.42. The minimum atomic E-state index is -1.04. The maximum atomic E-state index is 14.2. The minimum Gasteiger partial charge on any atom is -0.502 e. The molecule has 5 rings (SSSR count). The number of hydrogen-bond donors (Lipinski definition) is 1. The van der Waals surface area contributed by atoms with E-state index < -0.39 is 46.5 Å². The molecule has 2 aliphatic heterocycles. The Bertz CT molecular complexity index is 1280. The molecule has 1 aromatic heterocycles. The average molecular weight is 441 g/mol. The highest BCUT2D eigenvalue weighted by atomic mass is 19.2. The van der Waals surface area contributed by atoms with Crippen molar-refractivity contribution in [3.63, 3.8) is 0 Å². The zero-order valence-electron chi connectivity index (χ0n) is 16.7. The lowest BCUT2D eigenvalue weighted by Crippen LogP contribution is -2.50. The van der Waals surface area contributed by atoms with Crippen LogP contribution in [0.4, 0.5) is 13.2 Å². The largest absolute Gasteiger partial charge is 0.502 e. The third-order valence-corrected chi connectivity index (χ3v) is 6.30. The van der Waals surface area contributed by atoms with Crippen LogP contribution in [0.15, 0.2) is 53.5 Å². The van der Waals surface area contributed by atoms with Crippen molar-refractivity contribution in [3.8, 4) is 5.75 Å². The molecule has 1 amide bonds. The topological polar surface area (TPSA) is 75.4 Å². The molecule has 0 unspecified atom stereocenters. The van der Waals surface area contributed by atoms with Gasteiger partial charge in [0.25, 0.3) is 5.91 Å². The number of benzene rings is 2. The smallest absolute Gasteiger partial charge is 0.276 e. The molecule has 6 nitrogen and oxygen atoms in total. The summed E-state index contributed by atoms with van der Waals surface area (Å²) < 4.78 is 42.9. The molecular weight excluding hydrogens is 423 g/mol. The molecule has 3 aromatic rings. The summed E-state index contributed by atoms with van der Waals surface area (Å²) in [5.74, 6) is -4.39. The van der Waals surface area contributed by atoms with Gasteiger partial charge in [-0.15, -0.1) is 0 Å². The molecule has 0 spiro atoms. The van der Waals surface area contributed by atoms with Crippen molar-refractivity contribution in [3.05, 3.63) is 93.2 Å². The summed E-state index contributed by atoms with van der Waals surface area (Å²) >= 11 is 0. The molecule has 2 aromatic carbocycles. The van der Waals surface area contributed by atoms with Crippen LogP contribution in [0.2, 0.25) is 0 Å². The van der Waals surface area contributed by atoms with Gasteiger partial charge in [-0.1, -0.05) is 18.2 Å². The monoisotopic (exact) mass is 441 g/mol. The number of nitrogens with zero attached hydrogens (tertiary/aromatic N) is 3. The Labute approximate surface area is 180 Å². The fraction of sp³-hybridized carbons (Fsp3) is 0.261. The molecule has 164 valence electrons. The SMILES string of the molecule is O=C1c2c(O)c(=O)cnn2[C@@H]([C@@H](c2ccc(F)cc2)c2ccc(F)c(F)c2)[C@H]2CCCN12. The molecule has 2 aliphatic rings. The number of fused-ring (bicyclic) bond motifs is 2. The first-order chi connectivity index (χ1) is 15.4. The lowest BCUT2D eigenvalue weighted by molar-refractivity contribution is 0.0565. The maximum absolute atomic E-state index is 14.2. The second-order valence-electron chi connectivity index (χ2n) is 8.05. The van der Waals surface area contributed by atoms with Crippen molar-refractivity contribution in [2.24, 2.45) is 0 Å². The number of amides is 1. The Kier molecular flexibility index (Phi) is 4.76. The number of carbonyl (C=O) groups excluding carboxylic acids is 1. The van der Waals surface area contributed by atoms with Gasteiger partial charge in [0.15, 0.2) is 23.1 Å². The van der Waals surface area contributed by atoms with Crippen molar-refractivity contribution in [2.75, 3.05) is 6.54 Å². The van der Waals surface area contributed by atoms with Gasteiger partial charge in [0.2, 0.25) is 5.43 Å². The maximum Gasteiger partial charge on any atom is 0.276 e. The molecule has 1 saturated heterocycles. The van der Waals surface area contributed by atoms with Gasteiger partial charge >= 0.3 is 0 Å². The van der Waals surface area contributed by atoms with Crippen LogP contribution in [0, 0.1) is 17.5 Å². The van der Waals surface area contributed by atoms with E-state index in [-0.39, 0.29) is 11.7 Å². The van der Waals surface area contributed by atoms with Gasteiger partial charge in [0, 0.05) is 12.5 Å². The minimum absolute atomic E-state index is 0.240. The van der Waals surface area contributed by atoms with Gasteiger partial charge in [0.05, 0.1) is 18.3 Å². The number of aromatic hydroxyl groups is 1. The Morgan fingerprint density at radius 2 is 1.72 bits per heavy atom. The molecule has 3 atom stereocenters. The third kappa shape index (κ3) is 3.07. The van der Waals surface area contributed by atoms with E-state index in [4.69, 9.17) is 0 Å². The zero-order valence-corrected chi connectivity index (χ0v) is 16.7. The number of carbonyl (C=O) groups is 1. The van der Waals surface area contributed by atoms with E-state index in [0.29, 0.717) is 30.5 Å². The van der Waals surface area contributed by atoms with Gasteiger partial charge in [-0.3, -0.25) is 14.3 Å². The van der Waals surface area contributed by atoms with Crippen LogP contribution in [-0.4, -0.2) is 38.3 Å². The molecule has 0 radical (unpaired) electrons. The van der Waals surface area contributed by atoms with Crippen LogP contribution in [0.25, 0.3) is 0 Å². The number of halogens is 3. The first-order valence-electron chi connectivity index (χ1n) is 10.2. The van der Waals surface area contributed by atoms with Crippen LogP contribution in [0.5, 0.6) is 5.75 Å². The highest BCUT2D eigenvalue weighted by molar-refractivity contribution is 5.96. The highest BCUT2D eigenvalue weighted by Crippen LogP contribution is 2.45. The zero-order chi connectivity index (χ0) is 22.6. The normalized spacial score (nSPS) is 20.7. The predicted octanol–water partition coefficient (Wildman–Crippen LogP) is 3.36. The summed E-state index contributed by atoms with van der Waals surface area (Å²) in [6.45, 7) is 0.427. The molecular formula is C23H18F3N3O3. The average Bonchev–Trinajstić information content (AvgIpc) is 3.26. The van der Waals surface area contributed by atoms with E-state index in [2.05, 4.69) is 5.10 Å². The van der Waals surface area contributed by atoms with E-state index in [1.54, 1.807) is 17.0 Å². The van der Waals surface area contributed by atoms with Gasteiger partial charge in [0.1, 0.15) is 5.82 Å². The van der Waals surface area contributed by atoms with Gasteiger partial charge in [-0.05, 0) is 48.2 Å². The second kappa shape index (κ2) is 7.51. The van der Waals surface area contributed by atoms with E-state index in [1.807, 2.05) is 0 Å². The Hall–Kier alpha value is -3.62. The molecule has 0 bridgehead atoms. The standard InChI is InChI=1S/C23H18F3N3O3/c24-14-6-3-12(4-7-14)19(13-5-8-15(25)16(26)10-13)20-17-2-1-9-28(17)23(32)21-22(31)18(30)11-27-29(20)21/h3-8,10-11,17,19-20,31H,1-2,9H2/t17-,19+,20-/m1/s1. The third-order valence-electron chi connectivity index (χ3n) is 6.30. The van der Waals surface area contributed by atoms with Crippen LogP contribution >= 0.6 is 0 Å². The number of aromatic nitrogens is 2. The number of hydrogen-bond acceptors (Lipinski definition) is 4. The van der Waals surface area contributed by atoms with Gasteiger partial charge < -0.3 is 10.0 Å². The summed E-state index contributed by atoms with van der Waals surface area (Å²) in [4.78, 5) is 26.7. The second-order valence-corrected chi connectivity index (χ2v) is 8.05. The fourth-order valence-electron chi connectivity index (χ4n) is 4.91. The Morgan fingerprint density at radius 1 is 1.00 bits per heavy atom. The Morgan fingerprint density at radius 3 is 2.44 bits per heavy atom. The first kappa shape index (κ1) is 20.3. The van der Waals surface area contributed by atoms with E-state index >= 15 is 0 Å². The molecule has 0 aliphatic carbocycles. The van der Waals surface area contributed by atoms with E-state index in [9.17, 15) is 27.9 Å². The van der Waals surface area contributed by atoms with Crippen molar-refractivity contribution < 1.29 is 23.1 Å². The summed E-state index contributed by atoms with van der Waals surface area (Å²) in [5, 5.41) is 14.6. The summed E-state index contributed by atoms with van der Waals surface area (Å²) in [6.07, 6.45) is 2.24. The lowest BCUT2D eigenvalue weighted by atomic mass is 9.80.